The highest BCUT2D eigenvalue weighted by Crippen LogP contribution is 2.17. The van der Waals surface area contributed by atoms with Crippen LogP contribution in [0.5, 0.6) is 0 Å². The number of hydrogen-bond acceptors (Lipinski definition) is 4. The fourth-order valence-corrected chi connectivity index (χ4v) is 3.53. The number of rotatable bonds is 4. The van der Waals surface area contributed by atoms with E-state index in [2.05, 4.69) is 10.0 Å². The van der Waals surface area contributed by atoms with Gasteiger partial charge >= 0.3 is 0 Å². The lowest BCUT2D eigenvalue weighted by Gasteiger charge is -2.13. The minimum Gasteiger partial charge on any atom is -0.313 e. The molecule has 1 unspecified atom stereocenters. The van der Waals surface area contributed by atoms with Gasteiger partial charge in [0.05, 0.1) is 16.5 Å². The summed E-state index contributed by atoms with van der Waals surface area (Å²) >= 11 is 0. The van der Waals surface area contributed by atoms with E-state index in [0.29, 0.717) is 17.7 Å². The zero-order valence-electron chi connectivity index (χ0n) is 10.8. The molecule has 6 heteroatoms. The van der Waals surface area contributed by atoms with Gasteiger partial charge in [0.25, 0.3) is 0 Å². The van der Waals surface area contributed by atoms with Crippen LogP contribution in [0, 0.1) is 18.3 Å². The summed E-state index contributed by atoms with van der Waals surface area (Å²) in [4.78, 5) is 0.185. The lowest BCUT2D eigenvalue weighted by molar-refractivity contribution is 0.551. The fourth-order valence-electron chi connectivity index (χ4n) is 2.18. The van der Waals surface area contributed by atoms with Crippen LogP contribution in [-0.4, -0.2) is 27.5 Å². The summed E-state index contributed by atoms with van der Waals surface area (Å²) in [7, 11) is -3.55. The molecule has 0 aromatic heterocycles. The summed E-state index contributed by atoms with van der Waals surface area (Å²) in [6.45, 7) is 3.05. The van der Waals surface area contributed by atoms with Crippen LogP contribution in [-0.2, 0) is 10.0 Å². The van der Waals surface area contributed by atoms with Crippen molar-refractivity contribution in [3.63, 3.8) is 0 Å². The molecular formula is C13H17N3O2S. The summed E-state index contributed by atoms with van der Waals surface area (Å²) in [5.74, 6) is 0. The van der Waals surface area contributed by atoms with Crippen molar-refractivity contribution < 1.29 is 8.42 Å². The number of benzene rings is 1. The van der Waals surface area contributed by atoms with Gasteiger partial charge in [-0.15, -0.1) is 0 Å². The topological polar surface area (TPSA) is 82.0 Å². The zero-order valence-corrected chi connectivity index (χ0v) is 11.6. The SMILES string of the molecule is Cc1ccc(C#N)cc1S(=O)(=O)NCC1CCCN1. The Morgan fingerprint density at radius 1 is 1.53 bits per heavy atom. The molecule has 19 heavy (non-hydrogen) atoms. The Morgan fingerprint density at radius 2 is 2.32 bits per heavy atom. The summed E-state index contributed by atoms with van der Waals surface area (Å²) in [6.07, 6.45) is 2.06. The van der Waals surface area contributed by atoms with Gasteiger partial charge in [0, 0.05) is 12.6 Å². The van der Waals surface area contributed by atoms with E-state index >= 15 is 0 Å². The van der Waals surface area contributed by atoms with E-state index in [4.69, 9.17) is 5.26 Å². The molecule has 5 nitrogen and oxygen atoms in total. The minimum absolute atomic E-state index is 0.185. The summed E-state index contributed by atoms with van der Waals surface area (Å²) in [5.41, 5.74) is 0.996. The van der Waals surface area contributed by atoms with Gasteiger partial charge in [-0.25, -0.2) is 13.1 Å². The predicted molar refractivity (Wildman–Crippen MR) is 72.1 cm³/mol. The molecular weight excluding hydrogens is 262 g/mol. The Kier molecular flexibility index (Phi) is 4.20. The van der Waals surface area contributed by atoms with E-state index in [0.717, 1.165) is 19.4 Å². The average molecular weight is 279 g/mol. The third-order valence-electron chi connectivity index (χ3n) is 3.29. The Balaban J connectivity index is 2.16. The number of sulfonamides is 1. The molecule has 1 aromatic rings. The number of aryl methyl sites for hydroxylation is 1. The van der Waals surface area contributed by atoms with Gasteiger partial charge in [0.2, 0.25) is 10.0 Å². The maximum atomic E-state index is 12.2. The summed E-state index contributed by atoms with van der Waals surface area (Å²) in [6, 6.07) is 6.85. The Hall–Kier alpha value is -1.42. The normalized spacial score (nSPS) is 19.3. The molecule has 0 bridgehead atoms. The third-order valence-corrected chi connectivity index (χ3v) is 4.85. The monoisotopic (exact) mass is 279 g/mol. The van der Waals surface area contributed by atoms with Gasteiger partial charge in [-0.1, -0.05) is 6.07 Å². The molecule has 1 fully saturated rings. The van der Waals surface area contributed by atoms with E-state index in [1.165, 1.54) is 6.07 Å². The first-order chi connectivity index (χ1) is 9.03. The van der Waals surface area contributed by atoms with E-state index in [9.17, 15) is 8.42 Å². The molecule has 0 spiro atoms. The number of nitrogens with zero attached hydrogens (tertiary/aromatic N) is 1. The van der Waals surface area contributed by atoms with Crippen LogP contribution in [0.25, 0.3) is 0 Å². The van der Waals surface area contributed by atoms with Crippen LogP contribution in [0.2, 0.25) is 0 Å². The zero-order chi connectivity index (χ0) is 13.9. The molecule has 1 atom stereocenters. The van der Waals surface area contributed by atoms with E-state index in [1.807, 2.05) is 6.07 Å². The Morgan fingerprint density at radius 3 is 2.95 bits per heavy atom. The van der Waals surface area contributed by atoms with Crippen LogP contribution < -0.4 is 10.0 Å². The summed E-state index contributed by atoms with van der Waals surface area (Å²) < 4.78 is 27.1. The molecule has 2 rings (SSSR count). The molecule has 0 radical (unpaired) electrons. The molecule has 0 aliphatic carbocycles. The van der Waals surface area contributed by atoms with Crippen molar-refractivity contribution in [1.29, 1.82) is 5.26 Å². The maximum absolute atomic E-state index is 12.2. The maximum Gasteiger partial charge on any atom is 0.240 e. The van der Waals surface area contributed by atoms with E-state index in [-0.39, 0.29) is 10.9 Å². The number of nitriles is 1. The van der Waals surface area contributed by atoms with Crippen molar-refractivity contribution in [3.8, 4) is 6.07 Å². The molecule has 2 N–H and O–H groups in total. The van der Waals surface area contributed by atoms with Crippen molar-refractivity contribution in [2.45, 2.75) is 30.7 Å². The second-order valence-electron chi connectivity index (χ2n) is 4.74. The molecule has 1 saturated heterocycles. The molecule has 1 aliphatic heterocycles. The van der Waals surface area contributed by atoms with Crippen LogP contribution in [0.4, 0.5) is 0 Å². The lowest BCUT2D eigenvalue weighted by Crippen LogP contribution is -2.37. The number of hydrogen-bond donors (Lipinski definition) is 2. The van der Waals surface area contributed by atoms with Crippen molar-refractivity contribution >= 4 is 10.0 Å². The minimum atomic E-state index is -3.55. The van der Waals surface area contributed by atoms with Crippen LogP contribution in [0.1, 0.15) is 24.0 Å². The van der Waals surface area contributed by atoms with Gasteiger partial charge in [0.1, 0.15) is 0 Å². The van der Waals surface area contributed by atoms with Crippen molar-refractivity contribution in [3.05, 3.63) is 29.3 Å². The van der Waals surface area contributed by atoms with Crippen molar-refractivity contribution in [1.82, 2.24) is 10.0 Å². The second-order valence-corrected chi connectivity index (χ2v) is 6.47. The van der Waals surface area contributed by atoms with Gasteiger partial charge in [-0.05, 0) is 44.0 Å². The van der Waals surface area contributed by atoms with Crippen molar-refractivity contribution in [2.75, 3.05) is 13.1 Å². The highest BCUT2D eigenvalue weighted by atomic mass is 32.2. The first kappa shape index (κ1) is 14.0. The van der Waals surface area contributed by atoms with Crippen LogP contribution in [0.15, 0.2) is 23.1 Å². The average Bonchev–Trinajstić information content (AvgIpc) is 2.90. The van der Waals surface area contributed by atoms with Crippen LogP contribution in [0.3, 0.4) is 0 Å². The first-order valence-corrected chi connectivity index (χ1v) is 7.75. The largest absolute Gasteiger partial charge is 0.313 e. The lowest BCUT2D eigenvalue weighted by atomic mass is 10.2. The predicted octanol–water partition coefficient (Wildman–Crippen LogP) is 0.897. The van der Waals surface area contributed by atoms with Gasteiger partial charge < -0.3 is 5.32 Å². The standard InChI is InChI=1S/C13H17N3O2S/c1-10-4-5-11(8-14)7-13(10)19(17,18)16-9-12-3-2-6-15-12/h4-5,7,12,15-16H,2-3,6,9H2,1H3. The quantitative estimate of drug-likeness (QED) is 0.858. The highest BCUT2D eigenvalue weighted by molar-refractivity contribution is 7.89. The Labute approximate surface area is 113 Å². The fraction of sp³-hybridized carbons (Fsp3) is 0.462. The molecule has 1 aliphatic rings. The van der Waals surface area contributed by atoms with Gasteiger partial charge in [0.15, 0.2) is 0 Å². The van der Waals surface area contributed by atoms with Crippen molar-refractivity contribution in [2.24, 2.45) is 0 Å². The Bertz CT molecular complexity index is 599. The molecule has 1 heterocycles. The van der Waals surface area contributed by atoms with E-state index < -0.39 is 10.0 Å². The smallest absolute Gasteiger partial charge is 0.240 e. The molecule has 0 saturated carbocycles. The van der Waals surface area contributed by atoms with E-state index in [1.54, 1.807) is 19.1 Å². The first-order valence-electron chi connectivity index (χ1n) is 6.27. The third kappa shape index (κ3) is 3.32. The molecule has 0 amide bonds. The molecule has 1 aromatic carbocycles. The van der Waals surface area contributed by atoms with Gasteiger partial charge in [-0.3, -0.25) is 0 Å². The number of nitrogens with one attached hydrogen (secondary N) is 2. The highest BCUT2D eigenvalue weighted by Gasteiger charge is 2.20. The van der Waals surface area contributed by atoms with Gasteiger partial charge in [-0.2, -0.15) is 5.26 Å². The molecule has 102 valence electrons. The second kappa shape index (κ2) is 5.70. The van der Waals surface area contributed by atoms with Crippen LogP contribution >= 0.6 is 0 Å². The summed E-state index contributed by atoms with van der Waals surface area (Å²) in [5, 5.41) is 12.1.